The maximum Gasteiger partial charge on any atom is 0.268 e. The number of nitrogens with zero attached hydrogens (tertiary/aromatic N) is 1. The van der Waals surface area contributed by atoms with Crippen LogP contribution in [-0.2, 0) is 10.0 Å². The molecular formula is C23H19NO2S2. The molecule has 0 atom stereocenters. The van der Waals surface area contributed by atoms with E-state index in [1.807, 2.05) is 73.7 Å². The average molecular weight is 406 g/mol. The molecule has 1 heterocycles. The van der Waals surface area contributed by atoms with Crippen LogP contribution >= 0.6 is 11.3 Å². The number of fused-ring (bicyclic) bond motifs is 1. The molecule has 0 aliphatic heterocycles. The third kappa shape index (κ3) is 3.46. The first kappa shape index (κ1) is 18.5. The molecule has 5 heteroatoms. The zero-order valence-electron chi connectivity index (χ0n) is 15.3. The molecule has 4 rings (SSSR count). The zero-order valence-corrected chi connectivity index (χ0v) is 17.0. The smallest absolute Gasteiger partial charge is 0.232 e. The van der Waals surface area contributed by atoms with Gasteiger partial charge < -0.3 is 0 Å². The van der Waals surface area contributed by atoms with Crippen LogP contribution in [0.25, 0.3) is 16.2 Å². The Bertz CT molecular complexity index is 1230. The third-order valence-electron chi connectivity index (χ3n) is 4.52. The van der Waals surface area contributed by atoms with Gasteiger partial charge in [0.2, 0.25) is 0 Å². The summed E-state index contributed by atoms with van der Waals surface area (Å²) >= 11 is 1.48. The van der Waals surface area contributed by atoms with E-state index in [2.05, 4.69) is 0 Å². The van der Waals surface area contributed by atoms with Gasteiger partial charge in [-0.05, 0) is 47.7 Å². The van der Waals surface area contributed by atoms with E-state index in [0.29, 0.717) is 5.00 Å². The lowest BCUT2D eigenvalue weighted by Gasteiger charge is -2.20. The topological polar surface area (TPSA) is 37.4 Å². The molecule has 28 heavy (non-hydrogen) atoms. The van der Waals surface area contributed by atoms with Gasteiger partial charge >= 0.3 is 0 Å². The van der Waals surface area contributed by atoms with Gasteiger partial charge in [-0.25, -0.2) is 12.7 Å². The summed E-state index contributed by atoms with van der Waals surface area (Å²) in [5.41, 5.74) is 1.90. The molecule has 0 amide bonds. The van der Waals surface area contributed by atoms with E-state index in [4.69, 9.17) is 0 Å². The van der Waals surface area contributed by atoms with Crippen molar-refractivity contribution < 1.29 is 8.42 Å². The van der Waals surface area contributed by atoms with Crippen LogP contribution in [0.15, 0.2) is 96.0 Å². The Balaban J connectivity index is 1.88. The minimum absolute atomic E-state index is 0.268. The quantitative estimate of drug-likeness (QED) is 0.404. The van der Waals surface area contributed by atoms with E-state index in [1.54, 1.807) is 30.5 Å². The highest BCUT2D eigenvalue weighted by Crippen LogP contribution is 2.40. The third-order valence-corrected chi connectivity index (χ3v) is 7.60. The average Bonchev–Trinajstić information content (AvgIpc) is 3.06. The van der Waals surface area contributed by atoms with Gasteiger partial charge in [0.15, 0.2) is 0 Å². The molecule has 0 saturated heterocycles. The summed E-state index contributed by atoms with van der Waals surface area (Å²) in [7, 11) is -3.74. The normalized spacial score (nSPS) is 11.9. The van der Waals surface area contributed by atoms with E-state index < -0.39 is 10.0 Å². The summed E-state index contributed by atoms with van der Waals surface area (Å²) in [5, 5.41) is 1.78. The molecule has 1 aromatic heterocycles. The molecule has 0 N–H and O–H groups in total. The molecule has 0 bridgehead atoms. The standard InChI is InChI=1S/C23H19NO2S2/c1-18-21-14-8-9-15-22(21)27-23(18)24(17-16-19-10-4-2-5-11-19)28(25,26)20-12-6-3-7-13-20/h2-17H,1H3. The molecule has 4 aromatic rings. The van der Waals surface area contributed by atoms with Gasteiger partial charge in [-0.1, -0.05) is 66.7 Å². The highest BCUT2D eigenvalue weighted by Gasteiger charge is 2.26. The summed E-state index contributed by atoms with van der Waals surface area (Å²) in [6.45, 7) is 1.97. The summed E-state index contributed by atoms with van der Waals surface area (Å²) in [6.07, 6.45) is 3.47. The molecule has 0 spiro atoms. The number of hydrogen-bond acceptors (Lipinski definition) is 3. The first-order chi connectivity index (χ1) is 13.6. The second-order valence-corrected chi connectivity index (χ2v) is 9.21. The SMILES string of the molecule is Cc1c(N(C=Cc2ccccc2)S(=O)(=O)c2ccccc2)sc2ccccc12. The summed E-state index contributed by atoms with van der Waals surface area (Å²) < 4.78 is 29.4. The fourth-order valence-electron chi connectivity index (χ4n) is 3.05. The fourth-order valence-corrected chi connectivity index (χ4v) is 5.86. The Labute approximate surface area is 169 Å². The molecule has 0 aliphatic rings. The maximum absolute atomic E-state index is 13.5. The Morgan fingerprint density at radius 1 is 0.821 bits per heavy atom. The minimum Gasteiger partial charge on any atom is -0.232 e. The van der Waals surface area contributed by atoms with Crippen molar-refractivity contribution in [2.75, 3.05) is 4.31 Å². The monoisotopic (exact) mass is 405 g/mol. The molecule has 0 radical (unpaired) electrons. The van der Waals surface area contributed by atoms with Crippen molar-refractivity contribution in [3.63, 3.8) is 0 Å². The van der Waals surface area contributed by atoms with E-state index in [0.717, 1.165) is 21.2 Å². The number of sulfonamides is 1. The van der Waals surface area contributed by atoms with Gasteiger partial charge in [0.1, 0.15) is 5.00 Å². The largest absolute Gasteiger partial charge is 0.268 e. The van der Waals surface area contributed by atoms with Crippen LogP contribution in [0, 0.1) is 6.92 Å². The van der Waals surface area contributed by atoms with Gasteiger partial charge in [0.25, 0.3) is 10.0 Å². The highest BCUT2D eigenvalue weighted by atomic mass is 32.2. The van der Waals surface area contributed by atoms with Crippen molar-refractivity contribution in [2.24, 2.45) is 0 Å². The maximum atomic E-state index is 13.5. The van der Waals surface area contributed by atoms with E-state index >= 15 is 0 Å². The lowest BCUT2D eigenvalue weighted by atomic mass is 10.2. The number of rotatable bonds is 5. The number of anilines is 1. The summed E-state index contributed by atoms with van der Waals surface area (Å²) in [4.78, 5) is 0.268. The number of hydrogen-bond donors (Lipinski definition) is 0. The first-order valence-corrected chi connectivity index (χ1v) is 11.1. The van der Waals surface area contributed by atoms with Crippen LogP contribution in [0.3, 0.4) is 0 Å². The van der Waals surface area contributed by atoms with E-state index in [1.165, 1.54) is 15.6 Å². The molecule has 140 valence electrons. The lowest BCUT2D eigenvalue weighted by molar-refractivity contribution is 0.596. The molecule has 0 fully saturated rings. The van der Waals surface area contributed by atoms with Gasteiger partial charge in [-0.3, -0.25) is 0 Å². The van der Waals surface area contributed by atoms with Crippen molar-refractivity contribution in [1.29, 1.82) is 0 Å². The van der Waals surface area contributed by atoms with Crippen molar-refractivity contribution in [3.05, 3.63) is 102 Å². The van der Waals surface area contributed by atoms with Crippen molar-refractivity contribution in [1.82, 2.24) is 0 Å². The second-order valence-electron chi connectivity index (χ2n) is 6.37. The van der Waals surface area contributed by atoms with Crippen LogP contribution in [0.1, 0.15) is 11.1 Å². The lowest BCUT2D eigenvalue weighted by Crippen LogP contribution is -2.25. The Kier molecular flexibility index (Phi) is 5.03. The van der Waals surface area contributed by atoms with Crippen molar-refractivity contribution in [3.8, 4) is 0 Å². The Morgan fingerprint density at radius 2 is 1.43 bits per heavy atom. The molecule has 0 aliphatic carbocycles. The zero-order chi connectivity index (χ0) is 19.6. The van der Waals surface area contributed by atoms with Crippen LogP contribution in [0.2, 0.25) is 0 Å². The van der Waals surface area contributed by atoms with E-state index in [9.17, 15) is 8.42 Å². The number of aryl methyl sites for hydroxylation is 1. The first-order valence-electron chi connectivity index (χ1n) is 8.88. The van der Waals surface area contributed by atoms with Crippen LogP contribution in [-0.4, -0.2) is 8.42 Å². The molecule has 3 aromatic carbocycles. The van der Waals surface area contributed by atoms with Crippen molar-refractivity contribution in [2.45, 2.75) is 11.8 Å². The molecular weight excluding hydrogens is 386 g/mol. The van der Waals surface area contributed by atoms with Crippen LogP contribution in [0.4, 0.5) is 5.00 Å². The summed E-state index contributed by atoms with van der Waals surface area (Å²) in [6, 6.07) is 26.2. The minimum atomic E-state index is -3.74. The molecule has 0 saturated carbocycles. The van der Waals surface area contributed by atoms with Crippen LogP contribution in [0.5, 0.6) is 0 Å². The van der Waals surface area contributed by atoms with E-state index in [-0.39, 0.29) is 4.90 Å². The predicted octanol–water partition coefficient (Wildman–Crippen LogP) is 6.08. The van der Waals surface area contributed by atoms with Crippen LogP contribution < -0.4 is 4.31 Å². The van der Waals surface area contributed by atoms with Gasteiger partial charge in [0.05, 0.1) is 4.90 Å². The predicted molar refractivity (Wildman–Crippen MR) is 118 cm³/mol. The molecule has 3 nitrogen and oxygen atoms in total. The fraction of sp³-hybridized carbons (Fsp3) is 0.0435. The van der Waals surface area contributed by atoms with Gasteiger partial charge in [-0.2, -0.15) is 0 Å². The number of benzene rings is 3. The number of thiophene rings is 1. The Morgan fingerprint density at radius 3 is 2.11 bits per heavy atom. The highest BCUT2D eigenvalue weighted by molar-refractivity contribution is 7.93. The molecule has 0 unspecified atom stereocenters. The summed E-state index contributed by atoms with van der Waals surface area (Å²) in [5.74, 6) is 0. The Hall–Kier alpha value is -2.89. The van der Waals surface area contributed by atoms with Gasteiger partial charge in [0, 0.05) is 10.9 Å². The van der Waals surface area contributed by atoms with Crippen molar-refractivity contribution >= 4 is 42.5 Å². The second kappa shape index (κ2) is 7.62. The van der Waals surface area contributed by atoms with Gasteiger partial charge in [-0.15, -0.1) is 11.3 Å².